The summed E-state index contributed by atoms with van der Waals surface area (Å²) in [5, 5.41) is 3.25. The van der Waals surface area contributed by atoms with E-state index in [4.69, 9.17) is 5.73 Å². The second kappa shape index (κ2) is 5.98. The molecule has 0 spiro atoms. The van der Waals surface area contributed by atoms with Gasteiger partial charge in [0, 0.05) is 23.3 Å². The van der Waals surface area contributed by atoms with Gasteiger partial charge in [0.2, 0.25) is 0 Å². The Bertz CT molecular complexity index is 514. The Hall–Kier alpha value is -1.39. The molecule has 1 aromatic heterocycles. The van der Waals surface area contributed by atoms with Crippen molar-refractivity contribution in [1.82, 2.24) is 4.98 Å². The first-order chi connectivity index (χ1) is 8.66. The van der Waals surface area contributed by atoms with E-state index in [1.54, 1.807) is 6.20 Å². The minimum absolute atomic E-state index is 0.0306. The van der Waals surface area contributed by atoms with Crippen LogP contribution in [0, 0.1) is 6.92 Å². The topological polar surface area (TPSA) is 50.9 Å². The molecule has 2 rings (SSSR count). The number of aromatic nitrogens is 1. The minimum Gasteiger partial charge on any atom is -0.368 e. The third-order valence-corrected chi connectivity index (χ3v) is 3.61. The number of hydrogen-bond donors (Lipinski definition) is 2. The lowest BCUT2D eigenvalue weighted by Gasteiger charge is -2.14. The number of nitrogens with one attached hydrogen (secondary N) is 1. The summed E-state index contributed by atoms with van der Waals surface area (Å²) in [6.07, 6.45) is 1.80. The molecule has 4 heteroatoms. The van der Waals surface area contributed by atoms with Crippen molar-refractivity contribution in [2.24, 2.45) is 5.73 Å². The molecule has 3 N–H and O–H groups in total. The maximum Gasteiger partial charge on any atom is 0.126 e. The smallest absolute Gasteiger partial charge is 0.126 e. The fourth-order valence-electron chi connectivity index (χ4n) is 1.67. The number of nitrogens with zero attached hydrogens (tertiary/aromatic N) is 1. The highest BCUT2D eigenvalue weighted by Crippen LogP contribution is 2.18. The molecular formula is C14H16BrN3. The molecule has 0 aliphatic rings. The Balaban J connectivity index is 1.97. The van der Waals surface area contributed by atoms with Crippen molar-refractivity contribution in [3.8, 4) is 0 Å². The van der Waals surface area contributed by atoms with Crippen molar-refractivity contribution in [1.29, 1.82) is 0 Å². The van der Waals surface area contributed by atoms with Gasteiger partial charge in [-0.05, 0) is 40.0 Å². The van der Waals surface area contributed by atoms with Crippen LogP contribution in [0.2, 0.25) is 0 Å². The summed E-state index contributed by atoms with van der Waals surface area (Å²) in [5.74, 6) is 0.849. The lowest BCUT2D eigenvalue weighted by atomic mass is 10.1. The fraction of sp³-hybridized carbons (Fsp3) is 0.214. The molecular weight excluding hydrogens is 290 g/mol. The molecule has 0 fully saturated rings. The van der Waals surface area contributed by atoms with Gasteiger partial charge in [0.1, 0.15) is 5.82 Å². The van der Waals surface area contributed by atoms with E-state index >= 15 is 0 Å². The Morgan fingerprint density at radius 2 is 2.06 bits per heavy atom. The number of nitrogens with two attached hydrogens (primary N) is 1. The van der Waals surface area contributed by atoms with E-state index in [9.17, 15) is 0 Å². The van der Waals surface area contributed by atoms with Crippen LogP contribution in [0.5, 0.6) is 0 Å². The molecule has 94 valence electrons. The SMILES string of the molecule is Cc1cc(NCC(N)c2ccccc2)ncc1Br. The van der Waals surface area contributed by atoms with Crippen LogP contribution in [-0.4, -0.2) is 11.5 Å². The zero-order valence-corrected chi connectivity index (χ0v) is 11.8. The van der Waals surface area contributed by atoms with E-state index < -0.39 is 0 Å². The van der Waals surface area contributed by atoms with E-state index in [-0.39, 0.29) is 6.04 Å². The summed E-state index contributed by atoms with van der Waals surface area (Å²) < 4.78 is 1.01. The number of aryl methyl sites for hydroxylation is 1. The van der Waals surface area contributed by atoms with Gasteiger partial charge >= 0.3 is 0 Å². The molecule has 0 amide bonds. The third kappa shape index (κ3) is 3.31. The summed E-state index contributed by atoms with van der Waals surface area (Å²) in [5.41, 5.74) is 8.39. The van der Waals surface area contributed by atoms with Crippen LogP contribution >= 0.6 is 15.9 Å². The summed E-state index contributed by atoms with van der Waals surface area (Å²) >= 11 is 3.43. The summed E-state index contributed by atoms with van der Waals surface area (Å²) in [4.78, 5) is 4.29. The van der Waals surface area contributed by atoms with Crippen molar-refractivity contribution in [3.05, 3.63) is 58.2 Å². The van der Waals surface area contributed by atoms with E-state index in [0.29, 0.717) is 6.54 Å². The molecule has 0 aliphatic heterocycles. The highest BCUT2D eigenvalue weighted by molar-refractivity contribution is 9.10. The molecule has 1 unspecified atom stereocenters. The van der Waals surface area contributed by atoms with E-state index in [1.165, 1.54) is 0 Å². The number of anilines is 1. The normalized spacial score (nSPS) is 12.2. The van der Waals surface area contributed by atoms with E-state index in [1.807, 2.05) is 43.3 Å². The lowest BCUT2D eigenvalue weighted by Crippen LogP contribution is -2.20. The van der Waals surface area contributed by atoms with Gasteiger partial charge in [-0.3, -0.25) is 0 Å². The third-order valence-electron chi connectivity index (χ3n) is 2.78. The van der Waals surface area contributed by atoms with E-state index in [2.05, 4.69) is 26.2 Å². The minimum atomic E-state index is -0.0306. The molecule has 0 saturated heterocycles. The van der Waals surface area contributed by atoms with Crippen LogP contribution in [0.1, 0.15) is 17.2 Å². The molecule has 0 saturated carbocycles. The van der Waals surface area contributed by atoms with Crippen molar-refractivity contribution in [3.63, 3.8) is 0 Å². The van der Waals surface area contributed by atoms with Crippen LogP contribution < -0.4 is 11.1 Å². The van der Waals surface area contributed by atoms with Crippen LogP contribution in [0.3, 0.4) is 0 Å². The highest BCUT2D eigenvalue weighted by Gasteiger charge is 2.05. The quantitative estimate of drug-likeness (QED) is 0.911. The predicted octanol–water partition coefficient (Wildman–Crippen LogP) is 3.26. The molecule has 0 radical (unpaired) electrons. The van der Waals surface area contributed by atoms with Gasteiger partial charge in [0.05, 0.1) is 0 Å². The number of hydrogen-bond acceptors (Lipinski definition) is 3. The molecule has 1 heterocycles. The highest BCUT2D eigenvalue weighted by atomic mass is 79.9. The van der Waals surface area contributed by atoms with Gasteiger partial charge in [-0.2, -0.15) is 0 Å². The first kappa shape index (κ1) is 13.1. The van der Waals surface area contributed by atoms with E-state index in [0.717, 1.165) is 21.4 Å². The van der Waals surface area contributed by atoms with Crippen LogP contribution in [0.15, 0.2) is 47.1 Å². The average molecular weight is 306 g/mol. The standard InChI is InChI=1S/C14H16BrN3/c1-10-7-14(17-8-12(10)15)18-9-13(16)11-5-3-2-4-6-11/h2-8,13H,9,16H2,1H3,(H,17,18). The fourth-order valence-corrected chi connectivity index (χ4v) is 1.89. The summed E-state index contributed by atoms with van der Waals surface area (Å²) in [6.45, 7) is 2.70. The first-order valence-electron chi connectivity index (χ1n) is 5.83. The van der Waals surface area contributed by atoms with Crippen molar-refractivity contribution >= 4 is 21.7 Å². The molecule has 1 atom stereocenters. The van der Waals surface area contributed by atoms with Gasteiger partial charge in [-0.25, -0.2) is 4.98 Å². The average Bonchev–Trinajstić information content (AvgIpc) is 2.41. The molecule has 0 aliphatic carbocycles. The molecule has 1 aromatic carbocycles. The molecule has 18 heavy (non-hydrogen) atoms. The largest absolute Gasteiger partial charge is 0.368 e. The lowest BCUT2D eigenvalue weighted by molar-refractivity contribution is 0.762. The second-order valence-electron chi connectivity index (χ2n) is 4.22. The second-order valence-corrected chi connectivity index (χ2v) is 5.07. The Morgan fingerprint density at radius 3 is 2.72 bits per heavy atom. The zero-order valence-electron chi connectivity index (χ0n) is 10.2. The van der Waals surface area contributed by atoms with Crippen molar-refractivity contribution in [2.45, 2.75) is 13.0 Å². The monoisotopic (exact) mass is 305 g/mol. The van der Waals surface area contributed by atoms with Gasteiger partial charge in [-0.15, -0.1) is 0 Å². The maximum absolute atomic E-state index is 6.11. The van der Waals surface area contributed by atoms with Crippen molar-refractivity contribution in [2.75, 3.05) is 11.9 Å². The molecule has 2 aromatic rings. The molecule has 0 bridgehead atoms. The van der Waals surface area contributed by atoms with Crippen molar-refractivity contribution < 1.29 is 0 Å². The summed E-state index contributed by atoms with van der Waals surface area (Å²) in [6, 6.07) is 12.0. The van der Waals surface area contributed by atoms with Gasteiger partial charge in [0.15, 0.2) is 0 Å². The Morgan fingerprint density at radius 1 is 1.33 bits per heavy atom. The Labute approximate surface area is 116 Å². The summed E-state index contributed by atoms with van der Waals surface area (Å²) in [7, 11) is 0. The van der Waals surface area contributed by atoms with Gasteiger partial charge < -0.3 is 11.1 Å². The van der Waals surface area contributed by atoms with Gasteiger partial charge in [-0.1, -0.05) is 30.3 Å². The van der Waals surface area contributed by atoms with Crippen LogP contribution in [0.25, 0.3) is 0 Å². The maximum atomic E-state index is 6.11. The zero-order chi connectivity index (χ0) is 13.0. The van der Waals surface area contributed by atoms with Crippen LogP contribution in [-0.2, 0) is 0 Å². The van der Waals surface area contributed by atoms with Gasteiger partial charge in [0.25, 0.3) is 0 Å². The predicted molar refractivity (Wildman–Crippen MR) is 78.5 cm³/mol. The number of rotatable bonds is 4. The molecule has 3 nitrogen and oxygen atoms in total. The Kier molecular flexibility index (Phi) is 4.33. The number of pyridine rings is 1. The number of halogens is 1. The first-order valence-corrected chi connectivity index (χ1v) is 6.62. The number of benzene rings is 1. The van der Waals surface area contributed by atoms with Crippen LogP contribution in [0.4, 0.5) is 5.82 Å².